The first-order valence-corrected chi connectivity index (χ1v) is 34.9. The molecule has 0 heterocycles. The van der Waals surface area contributed by atoms with Crippen LogP contribution in [0.2, 0.25) is 0 Å². The van der Waals surface area contributed by atoms with Gasteiger partial charge in [0.2, 0.25) is 0 Å². The third-order valence-electron chi connectivity index (χ3n) is 15.0. The smallest absolute Gasteiger partial charge is 0.306 e. The average molecular weight is 1140 g/mol. The van der Waals surface area contributed by atoms with E-state index < -0.39 is 6.10 Å². The van der Waals surface area contributed by atoms with Gasteiger partial charge in [-0.2, -0.15) is 0 Å². The summed E-state index contributed by atoms with van der Waals surface area (Å²) in [5, 5.41) is 0. The molecule has 0 aliphatic rings. The highest BCUT2D eigenvalue weighted by Gasteiger charge is 2.19. The van der Waals surface area contributed by atoms with E-state index in [4.69, 9.17) is 14.2 Å². The highest BCUT2D eigenvalue weighted by molar-refractivity contribution is 5.71. The van der Waals surface area contributed by atoms with Gasteiger partial charge in [-0.25, -0.2) is 0 Å². The Kier molecular flexibility index (Phi) is 66.2. The van der Waals surface area contributed by atoms with Crippen LogP contribution in [-0.2, 0) is 28.6 Å². The van der Waals surface area contributed by atoms with Gasteiger partial charge in [0.05, 0.1) is 0 Å². The summed E-state index contributed by atoms with van der Waals surface area (Å²) >= 11 is 0. The molecule has 0 amide bonds. The summed E-state index contributed by atoms with van der Waals surface area (Å²) < 4.78 is 17.0. The Morgan fingerprint density at radius 2 is 0.476 bits per heavy atom. The van der Waals surface area contributed by atoms with Gasteiger partial charge in [0.15, 0.2) is 6.10 Å². The lowest BCUT2D eigenvalue weighted by molar-refractivity contribution is -0.167. The van der Waals surface area contributed by atoms with Gasteiger partial charge in [0.25, 0.3) is 0 Å². The molecule has 0 aromatic carbocycles. The highest BCUT2D eigenvalue weighted by atomic mass is 16.6. The van der Waals surface area contributed by atoms with Gasteiger partial charge >= 0.3 is 17.9 Å². The van der Waals surface area contributed by atoms with Gasteiger partial charge in [-0.3, -0.25) is 14.4 Å². The molecule has 0 fully saturated rings. The second-order valence-corrected chi connectivity index (χ2v) is 23.1. The van der Waals surface area contributed by atoms with Crippen molar-refractivity contribution >= 4 is 17.9 Å². The monoisotopic (exact) mass is 1140 g/mol. The number of ether oxygens (including phenoxy) is 3. The predicted octanol–water partition coefficient (Wildman–Crippen LogP) is 24.2. The van der Waals surface area contributed by atoms with Crippen LogP contribution in [0.25, 0.3) is 0 Å². The van der Waals surface area contributed by atoms with E-state index in [-0.39, 0.29) is 31.1 Å². The average Bonchev–Trinajstić information content (AvgIpc) is 3.47. The first-order valence-electron chi connectivity index (χ1n) is 34.9. The molecule has 0 saturated heterocycles. The van der Waals surface area contributed by atoms with Gasteiger partial charge in [0, 0.05) is 19.3 Å². The number of esters is 3. The van der Waals surface area contributed by atoms with E-state index in [1.807, 2.05) is 0 Å². The van der Waals surface area contributed by atoms with Crippen molar-refractivity contribution < 1.29 is 28.6 Å². The van der Waals surface area contributed by atoms with Gasteiger partial charge in [0.1, 0.15) is 13.2 Å². The van der Waals surface area contributed by atoms with E-state index in [9.17, 15) is 14.4 Å². The standard InChI is InChI=1S/C76H130O6/c1-4-7-10-13-16-19-22-25-27-29-31-32-33-34-35-36-37-38-39-40-41-42-43-44-46-47-49-51-54-57-60-63-66-69-75(78)81-72-73(71-80-74(77)68-65-62-59-56-53-24-21-18-15-12-9-6-3)82-76(79)70-67-64-61-58-55-52-50-48-45-30-28-26-23-20-17-14-11-8-5-2/h7,10,16-17,19-20,25-28,31-32,34-35,37-38,40-41,73H,4-6,8-9,11-15,18,21-24,29-30,33,36,39,42-72H2,1-3H3/b10-7-,19-16-,20-17-,27-25-,28-26-,32-31-,35-34-,38-37-,41-40-. The van der Waals surface area contributed by atoms with Crippen LogP contribution in [-0.4, -0.2) is 37.2 Å². The third-order valence-corrected chi connectivity index (χ3v) is 15.0. The van der Waals surface area contributed by atoms with Gasteiger partial charge in [-0.15, -0.1) is 0 Å². The van der Waals surface area contributed by atoms with Crippen LogP contribution in [0, 0.1) is 0 Å². The van der Waals surface area contributed by atoms with Crippen LogP contribution in [0.15, 0.2) is 109 Å². The van der Waals surface area contributed by atoms with E-state index >= 15 is 0 Å². The Labute approximate surface area is 508 Å². The van der Waals surface area contributed by atoms with E-state index in [0.29, 0.717) is 19.3 Å². The molecule has 0 N–H and O–H groups in total. The first kappa shape index (κ1) is 78.1. The van der Waals surface area contributed by atoms with E-state index in [0.717, 1.165) is 109 Å². The second kappa shape index (κ2) is 69.6. The van der Waals surface area contributed by atoms with Gasteiger partial charge in [-0.05, 0) is 109 Å². The summed E-state index contributed by atoms with van der Waals surface area (Å²) in [6.45, 7) is 6.53. The zero-order valence-corrected chi connectivity index (χ0v) is 54.0. The fraction of sp³-hybridized carbons (Fsp3) is 0.724. The zero-order chi connectivity index (χ0) is 59.2. The molecule has 0 bridgehead atoms. The molecule has 1 atom stereocenters. The molecule has 6 heteroatoms. The lowest BCUT2D eigenvalue weighted by Crippen LogP contribution is -2.30. The Balaban J connectivity index is 4.23. The topological polar surface area (TPSA) is 78.9 Å². The molecule has 470 valence electrons. The number of hydrogen-bond donors (Lipinski definition) is 0. The minimum Gasteiger partial charge on any atom is -0.462 e. The molecular weight excluding hydrogens is 1010 g/mol. The highest BCUT2D eigenvalue weighted by Crippen LogP contribution is 2.17. The zero-order valence-electron chi connectivity index (χ0n) is 54.0. The molecule has 0 aliphatic carbocycles. The molecule has 1 unspecified atom stereocenters. The van der Waals surface area contributed by atoms with Crippen molar-refractivity contribution in [2.24, 2.45) is 0 Å². The first-order chi connectivity index (χ1) is 40.5. The summed E-state index contributed by atoms with van der Waals surface area (Å²) in [6.07, 6.45) is 95.4. The van der Waals surface area contributed by atoms with Crippen molar-refractivity contribution in [3.8, 4) is 0 Å². The molecule has 0 radical (unpaired) electrons. The number of carbonyl (C=O) groups excluding carboxylic acids is 3. The van der Waals surface area contributed by atoms with E-state index in [2.05, 4.69) is 130 Å². The fourth-order valence-electron chi connectivity index (χ4n) is 9.81. The number of rotatable bonds is 63. The summed E-state index contributed by atoms with van der Waals surface area (Å²) in [5.74, 6) is -0.871. The van der Waals surface area contributed by atoms with Crippen LogP contribution in [0.5, 0.6) is 0 Å². The Hall–Kier alpha value is -3.93. The van der Waals surface area contributed by atoms with Crippen molar-refractivity contribution in [2.45, 2.75) is 341 Å². The van der Waals surface area contributed by atoms with Crippen molar-refractivity contribution in [1.29, 1.82) is 0 Å². The number of unbranched alkanes of at least 4 members (excludes halogenated alkanes) is 34. The van der Waals surface area contributed by atoms with E-state index in [1.165, 1.54) is 186 Å². The molecule has 0 aromatic heterocycles. The minimum atomic E-state index is -0.781. The van der Waals surface area contributed by atoms with Crippen LogP contribution in [0.4, 0.5) is 0 Å². The molecule has 0 saturated carbocycles. The largest absolute Gasteiger partial charge is 0.462 e. The maximum absolute atomic E-state index is 12.9. The van der Waals surface area contributed by atoms with Crippen LogP contribution >= 0.6 is 0 Å². The van der Waals surface area contributed by atoms with Gasteiger partial charge < -0.3 is 14.2 Å². The molecule has 0 spiro atoms. The third kappa shape index (κ3) is 66.9. The number of allylic oxidation sites excluding steroid dienone is 18. The van der Waals surface area contributed by atoms with Crippen LogP contribution < -0.4 is 0 Å². The van der Waals surface area contributed by atoms with Crippen LogP contribution in [0.1, 0.15) is 335 Å². The quantitative estimate of drug-likeness (QED) is 0.0261. The normalized spacial score (nSPS) is 12.8. The number of hydrogen-bond acceptors (Lipinski definition) is 6. The van der Waals surface area contributed by atoms with Crippen molar-refractivity contribution in [2.75, 3.05) is 13.2 Å². The van der Waals surface area contributed by atoms with Crippen molar-refractivity contribution in [3.05, 3.63) is 109 Å². The summed E-state index contributed by atoms with van der Waals surface area (Å²) in [4.78, 5) is 38.4. The molecule has 0 aliphatic heterocycles. The van der Waals surface area contributed by atoms with Gasteiger partial charge in [-0.1, -0.05) is 316 Å². The van der Waals surface area contributed by atoms with E-state index in [1.54, 1.807) is 0 Å². The minimum absolute atomic E-state index is 0.0768. The van der Waals surface area contributed by atoms with Crippen LogP contribution in [0.3, 0.4) is 0 Å². The lowest BCUT2D eigenvalue weighted by atomic mass is 10.0. The number of carbonyl (C=O) groups is 3. The maximum atomic E-state index is 12.9. The maximum Gasteiger partial charge on any atom is 0.306 e. The summed E-state index contributed by atoms with van der Waals surface area (Å²) in [5.41, 5.74) is 0. The molecular formula is C76H130O6. The Bertz CT molecular complexity index is 1640. The Morgan fingerprint density at radius 1 is 0.256 bits per heavy atom. The Morgan fingerprint density at radius 3 is 0.768 bits per heavy atom. The van der Waals surface area contributed by atoms with Crippen molar-refractivity contribution in [3.63, 3.8) is 0 Å². The lowest BCUT2D eigenvalue weighted by Gasteiger charge is -2.18. The molecule has 0 aromatic rings. The van der Waals surface area contributed by atoms with Crippen molar-refractivity contribution in [1.82, 2.24) is 0 Å². The summed E-state index contributed by atoms with van der Waals surface area (Å²) in [6, 6.07) is 0. The second-order valence-electron chi connectivity index (χ2n) is 23.1. The molecule has 0 rings (SSSR count). The molecule has 82 heavy (non-hydrogen) atoms. The SMILES string of the molecule is CC/C=C\C/C=C\C/C=C\C/C=C\C/C=C\C/C=C\C/C=C\CCCCCCCCCCCCCC(=O)OCC(COC(=O)CCCCCCCCCCCCCC)OC(=O)CCCCCCCCCCC/C=C\C/C=C\CCCCC. The molecule has 6 nitrogen and oxygen atoms in total. The summed E-state index contributed by atoms with van der Waals surface area (Å²) in [7, 11) is 0. The fourth-order valence-corrected chi connectivity index (χ4v) is 9.81. The predicted molar refractivity (Wildman–Crippen MR) is 357 cm³/mol.